The fourth-order valence-corrected chi connectivity index (χ4v) is 3.29. The Morgan fingerprint density at radius 3 is 2.72 bits per heavy atom. The minimum absolute atomic E-state index is 0.182. The monoisotopic (exact) mass is 263 g/mol. The lowest BCUT2D eigenvalue weighted by atomic mass is 9.87. The van der Waals surface area contributed by atoms with E-state index in [2.05, 4.69) is 16.4 Å². The zero-order valence-corrected chi connectivity index (χ0v) is 11.6. The first-order valence-corrected chi connectivity index (χ1v) is 7.12. The van der Waals surface area contributed by atoms with Crippen LogP contribution >= 0.6 is 11.3 Å². The Labute approximate surface area is 111 Å². The molecule has 1 saturated carbocycles. The van der Waals surface area contributed by atoms with E-state index in [1.165, 1.54) is 11.3 Å². The van der Waals surface area contributed by atoms with Gasteiger partial charge in [-0.1, -0.05) is 19.8 Å². The molecule has 1 amide bonds. The smallest absolute Gasteiger partial charge is 0.246 e. The van der Waals surface area contributed by atoms with E-state index in [1.807, 2.05) is 13.8 Å². The molecule has 96 valence electrons. The molecule has 0 atom stereocenters. The van der Waals surface area contributed by atoms with Crippen molar-refractivity contribution in [3.63, 3.8) is 0 Å². The SMILES string of the molecule is CCc1nc(NC(=O)C2(C#N)CCCC2)sc1C. The quantitative estimate of drug-likeness (QED) is 0.911. The molecule has 0 aliphatic heterocycles. The Morgan fingerprint density at radius 1 is 1.56 bits per heavy atom. The Kier molecular flexibility index (Phi) is 3.67. The number of thiazole rings is 1. The summed E-state index contributed by atoms with van der Waals surface area (Å²) in [6.07, 6.45) is 4.11. The van der Waals surface area contributed by atoms with Crippen LogP contribution in [-0.4, -0.2) is 10.9 Å². The normalized spacial score (nSPS) is 17.4. The molecule has 2 rings (SSSR count). The van der Waals surface area contributed by atoms with Crippen molar-refractivity contribution in [2.75, 3.05) is 5.32 Å². The van der Waals surface area contributed by atoms with Crippen LogP contribution < -0.4 is 5.32 Å². The van der Waals surface area contributed by atoms with E-state index in [-0.39, 0.29) is 5.91 Å². The Balaban J connectivity index is 2.13. The number of anilines is 1. The summed E-state index contributed by atoms with van der Waals surface area (Å²) in [6, 6.07) is 2.20. The fourth-order valence-electron chi connectivity index (χ4n) is 2.39. The van der Waals surface area contributed by atoms with E-state index >= 15 is 0 Å². The molecule has 1 fully saturated rings. The highest BCUT2D eigenvalue weighted by Gasteiger charge is 2.41. The maximum atomic E-state index is 12.2. The molecule has 0 unspecified atom stereocenters. The summed E-state index contributed by atoms with van der Waals surface area (Å²) in [5.41, 5.74) is 0.194. The Bertz CT molecular complexity index is 495. The third kappa shape index (κ3) is 2.25. The standard InChI is InChI=1S/C13H17N3OS/c1-3-10-9(2)18-12(15-10)16-11(17)13(8-14)6-4-5-7-13/h3-7H2,1-2H3,(H,15,16,17). The average molecular weight is 263 g/mol. The van der Waals surface area contributed by atoms with Crippen molar-refractivity contribution in [2.45, 2.75) is 46.0 Å². The molecule has 1 aromatic rings. The molecule has 0 saturated heterocycles. The van der Waals surface area contributed by atoms with Crippen LogP contribution in [0.2, 0.25) is 0 Å². The van der Waals surface area contributed by atoms with Crippen LogP contribution in [-0.2, 0) is 11.2 Å². The van der Waals surface area contributed by atoms with Gasteiger partial charge in [0.25, 0.3) is 0 Å². The summed E-state index contributed by atoms with van der Waals surface area (Å²) < 4.78 is 0. The van der Waals surface area contributed by atoms with Crippen molar-refractivity contribution in [3.05, 3.63) is 10.6 Å². The van der Waals surface area contributed by atoms with Crippen molar-refractivity contribution in [1.29, 1.82) is 5.26 Å². The summed E-state index contributed by atoms with van der Waals surface area (Å²) >= 11 is 1.48. The largest absolute Gasteiger partial charge is 0.301 e. The molecule has 1 heterocycles. The van der Waals surface area contributed by atoms with Crippen LogP contribution in [0.15, 0.2) is 0 Å². The van der Waals surface area contributed by atoms with Gasteiger partial charge in [-0.3, -0.25) is 4.79 Å². The zero-order chi connectivity index (χ0) is 13.2. The van der Waals surface area contributed by atoms with E-state index in [0.717, 1.165) is 29.8 Å². The van der Waals surface area contributed by atoms with Gasteiger partial charge in [0.15, 0.2) is 5.13 Å². The molecular weight excluding hydrogens is 246 g/mol. The second-order valence-electron chi connectivity index (χ2n) is 4.73. The molecular formula is C13H17N3OS. The number of nitriles is 1. The first kappa shape index (κ1) is 13.0. The minimum atomic E-state index is -0.827. The predicted octanol–water partition coefficient (Wildman–Crippen LogP) is 3.04. The van der Waals surface area contributed by atoms with E-state index < -0.39 is 5.41 Å². The second kappa shape index (κ2) is 5.07. The molecule has 0 spiro atoms. The Hall–Kier alpha value is -1.41. The third-order valence-corrected chi connectivity index (χ3v) is 4.48. The van der Waals surface area contributed by atoms with Gasteiger partial charge in [0, 0.05) is 4.88 Å². The van der Waals surface area contributed by atoms with Gasteiger partial charge in [-0.25, -0.2) is 4.98 Å². The van der Waals surface area contributed by atoms with Gasteiger partial charge in [0.2, 0.25) is 5.91 Å². The fraction of sp³-hybridized carbons (Fsp3) is 0.615. The first-order valence-electron chi connectivity index (χ1n) is 6.30. The van der Waals surface area contributed by atoms with Gasteiger partial charge in [-0.15, -0.1) is 11.3 Å². The van der Waals surface area contributed by atoms with E-state index in [0.29, 0.717) is 18.0 Å². The van der Waals surface area contributed by atoms with Crippen molar-refractivity contribution in [2.24, 2.45) is 5.41 Å². The van der Waals surface area contributed by atoms with Gasteiger partial charge in [-0.2, -0.15) is 5.26 Å². The second-order valence-corrected chi connectivity index (χ2v) is 5.93. The van der Waals surface area contributed by atoms with Crippen molar-refractivity contribution in [3.8, 4) is 6.07 Å². The highest BCUT2D eigenvalue weighted by Crippen LogP contribution is 2.38. The molecule has 4 nitrogen and oxygen atoms in total. The van der Waals surface area contributed by atoms with Gasteiger partial charge in [0.1, 0.15) is 5.41 Å². The number of nitrogens with zero attached hydrogens (tertiary/aromatic N) is 2. The number of rotatable bonds is 3. The molecule has 1 N–H and O–H groups in total. The van der Waals surface area contributed by atoms with Gasteiger partial charge in [-0.05, 0) is 26.2 Å². The predicted molar refractivity (Wildman–Crippen MR) is 71.4 cm³/mol. The van der Waals surface area contributed by atoms with E-state index in [1.54, 1.807) is 0 Å². The number of aromatic nitrogens is 1. The van der Waals surface area contributed by atoms with Gasteiger partial charge >= 0.3 is 0 Å². The number of carbonyl (C=O) groups excluding carboxylic acids is 1. The highest BCUT2D eigenvalue weighted by molar-refractivity contribution is 7.15. The van der Waals surface area contributed by atoms with Crippen molar-refractivity contribution >= 4 is 22.4 Å². The minimum Gasteiger partial charge on any atom is -0.301 e. The number of aryl methyl sites for hydroxylation is 2. The summed E-state index contributed by atoms with van der Waals surface area (Å²) in [6.45, 7) is 4.04. The highest BCUT2D eigenvalue weighted by atomic mass is 32.1. The molecule has 0 bridgehead atoms. The molecule has 0 radical (unpaired) electrons. The molecule has 1 aliphatic rings. The average Bonchev–Trinajstić information content (AvgIpc) is 2.96. The van der Waals surface area contributed by atoms with Crippen LogP contribution in [0.3, 0.4) is 0 Å². The van der Waals surface area contributed by atoms with Gasteiger partial charge in [0.05, 0.1) is 11.8 Å². The number of amides is 1. The van der Waals surface area contributed by atoms with Crippen molar-refractivity contribution in [1.82, 2.24) is 4.98 Å². The Morgan fingerprint density at radius 2 is 2.22 bits per heavy atom. The van der Waals surface area contributed by atoms with Crippen molar-refractivity contribution < 1.29 is 4.79 Å². The summed E-state index contributed by atoms with van der Waals surface area (Å²) in [5, 5.41) is 12.7. The number of nitrogens with one attached hydrogen (secondary N) is 1. The topological polar surface area (TPSA) is 65.8 Å². The van der Waals surface area contributed by atoms with Crippen LogP contribution in [0.1, 0.15) is 43.2 Å². The maximum absolute atomic E-state index is 12.2. The van der Waals surface area contributed by atoms with Crippen LogP contribution in [0.25, 0.3) is 0 Å². The zero-order valence-electron chi connectivity index (χ0n) is 10.7. The molecule has 0 aromatic carbocycles. The van der Waals surface area contributed by atoms with Crippen LogP contribution in [0.4, 0.5) is 5.13 Å². The maximum Gasteiger partial charge on any atom is 0.246 e. The first-order chi connectivity index (χ1) is 8.61. The lowest BCUT2D eigenvalue weighted by Gasteiger charge is -2.17. The summed E-state index contributed by atoms with van der Waals surface area (Å²) in [4.78, 5) is 17.7. The lowest BCUT2D eigenvalue weighted by Crippen LogP contribution is -2.32. The molecule has 1 aromatic heterocycles. The van der Waals surface area contributed by atoms with Crippen LogP contribution in [0.5, 0.6) is 0 Å². The van der Waals surface area contributed by atoms with Gasteiger partial charge < -0.3 is 5.32 Å². The van der Waals surface area contributed by atoms with E-state index in [4.69, 9.17) is 0 Å². The molecule has 5 heteroatoms. The molecule has 18 heavy (non-hydrogen) atoms. The lowest BCUT2D eigenvalue weighted by molar-refractivity contribution is -0.122. The molecule has 1 aliphatic carbocycles. The summed E-state index contributed by atoms with van der Waals surface area (Å²) in [7, 11) is 0. The van der Waals surface area contributed by atoms with Crippen LogP contribution in [0, 0.1) is 23.7 Å². The number of hydrogen-bond acceptors (Lipinski definition) is 4. The van der Waals surface area contributed by atoms with E-state index in [9.17, 15) is 10.1 Å². The summed E-state index contributed by atoms with van der Waals surface area (Å²) in [5.74, 6) is -0.182. The number of carbonyl (C=O) groups is 1. The third-order valence-electron chi connectivity index (χ3n) is 3.55. The number of hydrogen-bond donors (Lipinski definition) is 1.